The summed E-state index contributed by atoms with van der Waals surface area (Å²) >= 11 is 1.28. The van der Waals surface area contributed by atoms with Gasteiger partial charge in [-0.25, -0.2) is 9.37 Å². The van der Waals surface area contributed by atoms with Gasteiger partial charge in [0, 0.05) is 5.56 Å². The van der Waals surface area contributed by atoms with Crippen LogP contribution in [0.15, 0.2) is 24.3 Å². The molecule has 2 nitrogen and oxygen atoms in total. The quantitative estimate of drug-likeness (QED) is 0.737. The first-order valence-electron chi connectivity index (χ1n) is 4.34. The molecule has 0 bridgehead atoms. The lowest BCUT2D eigenvalue weighted by Crippen LogP contribution is -1.79. The molecule has 4 heteroatoms. The van der Waals surface area contributed by atoms with Crippen molar-refractivity contribution in [3.05, 3.63) is 40.7 Å². The lowest BCUT2D eigenvalue weighted by Gasteiger charge is -1.94. The number of hydrogen-bond donors (Lipinski definition) is 0. The molecule has 2 rings (SSSR count). The van der Waals surface area contributed by atoms with E-state index in [-0.39, 0.29) is 5.82 Å². The van der Waals surface area contributed by atoms with Crippen molar-refractivity contribution in [1.82, 2.24) is 4.98 Å². The summed E-state index contributed by atoms with van der Waals surface area (Å²) in [7, 11) is 0. The van der Waals surface area contributed by atoms with Gasteiger partial charge in [-0.1, -0.05) is 12.1 Å². The molecule has 0 radical (unpaired) electrons. The third kappa shape index (κ3) is 1.88. The van der Waals surface area contributed by atoms with E-state index in [2.05, 4.69) is 11.1 Å². The molecule has 0 atom stereocenters. The van der Waals surface area contributed by atoms with Gasteiger partial charge in [-0.3, -0.25) is 0 Å². The first-order valence-corrected chi connectivity index (χ1v) is 5.16. The van der Waals surface area contributed by atoms with Crippen LogP contribution in [0.2, 0.25) is 0 Å². The van der Waals surface area contributed by atoms with Gasteiger partial charge in [0.05, 0.1) is 5.69 Å². The highest BCUT2D eigenvalue weighted by Gasteiger charge is 2.08. The molecule has 0 aliphatic carbocycles. The van der Waals surface area contributed by atoms with E-state index in [1.165, 1.54) is 23.5 Å². The zero-order chi connectivity index (χ0) is 10.8. The summed E-state index contributed by atoms with van der Waals surface area (Å²) in [6.45, 7) is 1.78. The normalized spacial score (nSPS) is 9.93. The molecule has 0 amide bonds. The zero-order valence-electron chi connectivity index (χ0n) is 7.99. The Hall–Kier alpha value is -1.73. The van der Waals surface area contributed by atoms with Crippen LogP contribution in [-0.4, -0.2) is 4.98 Å². The van der Waals surface area contributed by atoms with Gasteiger partial charge in [0.2, 0.25) is 0 Å². The standard InChI is InChI=1S/C11H7FN2S/c1-7-10(6-13)15-11(14-7)8-3-2-4-9(12)5-8/h2-5H,1H3. The average Bonchev–Trinajstić information content (AvgIpc) is 2.60. The molecule has 74 valence electrons. The fourth-order valence-corrected chi connectivity index (χ4v) is 2.10. The molecule has 15 heavy (non-hydrogen) atoms. The second kappa shape index (κ2) is 3.79. The number of aromatic nitrogens is 1. The minimum absolute atomic E-state index is 0.293. The summed E-state index contributed by atoms with van der Waals surface area (Å²) in [5.41, 5.74) is 1.41. The van der Waals surface area contributed by atoms with Gasteiger partial charge in [0.15, 0.2) is 0 Å². The van der Waals surface area contributed by atoms with Crippen molar-refractivity contribution in [2.45, 2.75) is 6.92 Å². The zero-order valence-corrected chi connectivity index (χ0v) is 8.81. The van der Waals surface area contributed by atoms with Gasteiger partial charge < -0.3 is 0 Å². The Balaban J connectivity index is 2.51. The van der Waals surface area contributed by atoms with E-state index >= 15 is 0 Å². The van der Waals surface area contributed by atoms with Crippen LogP contribution in [-0.2, 0) is 0 Å². The fraction of sp³-hybridized carbons (Fsp3) is 0.0909. The van der Waals surface area contributed by atoms with E-state index < -0.39 is 0 Å². The van der Waals surface area contributed by atoms with E-state index in [0.717, 1.165) is 0 Å². The van der Waals surface area contributed by atoms with Crippen molar-refractivity contribution < 1.29 is 4.39 Å². The summed E-state index contributed by atoms with van der Waals surface area (Å²) in [5, 5.41) is 9.46. The minimum Gasteiger partial charge on any atom is -0.240 e. The molecule has 0 unspecified atom stereocenters. The highest BCUT2D eigenvalue weighted by atomic mass is 32.1. The molecule has 1 aromatic heterocycles. The number of nitrogens with zero attached hydrogens (tertiary/aromatic N) is 2. The number of aryl methyl sites for hydroxylation is 1. The third-order valence-corrected chi connectivity index (χ3v) is 3.08. The summed E-state index contributed by atoms with van der Waals surface area (Å²) in [6, 6.07) is 8.28. The lowest BCUT2D eigenvalue weighted by molar-refractivity contribution is 0.628. The Bertz CT molecular complexity index is 540. The monoisotopic (exact) mass is 218 g/mol. The number of nitriles is 1. The van der Waals surface area contributed by atoms with Gasteiger partial charge in [-0.15, -0.1) is 11.3 Å². The van der Waals surface area contributed by atoms with E-state index in [0.29, 0.717) is 21.1 Å². The number of thiazole rings is 1. The van der Waals surface area contributed by atoms with Gasteiger partial charge in [0.25, 0.3) is 0 Å². The van der Waals surface area contributed by atoms with Crippen molar-refractivity contribution in [3.63, 3.8) is 0 Å². The predicted octanol–water partition coefficient (Wildman–Crippen LogP) is 3.13. The second-order valence-electron chi connectivity index (χ2n) is 3.06. The van der Waals surface area contributed by atoms with E-state index in [1.807, 2.05) is 0 Å². The van der Waals surface area contributed by atoms with Crippen LogP contribution in [0.5, 0.6) is 0 Å². The van der Waals surface area contributed by atoms with Crippen LogP contribution in [0.4, 0.5) is 4.39 Å². The van der Waals surface area contributed by atoms with Crippen LogP contribution >= 0.6 is 11.3 Å². The van der Waals surface area contributed by atoms with Crippen LogP contribution in [0.3, 0.4) is 0 Å². The molecular formula is C11H7FN2S. The lowest BCUT2D eigenvalue weighted by atomic mass is 10.2. The Morgan fingerprint density at radius 3 is 2.87 bits per heavy atom. The third-order valence-electron chi connectivity index (χ3n) is 1.97. The highest BCUT2D eigenvalue weighted by Crippen LogP contribution is 2.27. The molecule has 0 spiro atoms. The second-order valence-corrected chi connectivity index (χ2v) is 4.05. The minimum atomic E-state index is -0.293. The first kappa shape index (κ1) is 9.81. The molecule has 0 N–H and O–H groups in total. The summed E-state index contributed by atoms with van der Waals surface area (Å²) in [6.07, 6.45) is 0. The predicted molar refractivity (Wildman–Crippen MR) is 57.0 cm³/mol. The summed E-state index contributed by atoms with van der Waals surface area (Å²) in [4.78, 5) is 4.80. The van der Waals surface area contributed by atoms with Crippen molar-refractivity contribution in [2.24, 2.45) is 0 Å². The molecule has 1 heterocycles. The van der Waals surface area contributed by atoms with E-state index in [1.54, 1.807) is 19.1 Å². The smallest absolute Gasteiger partial charge is 0.128 e. The SMILES string of the molecule is Cc1nc(-c2cccc(F)c2)sc1C#N. The maximum absolute atomic E-state index is 13.0. The average molecular weight is 218 g/mol. The van der Waals surface area contributed by atoms with E-state index in [4.69, 9.17) is 5.26 Å². The maximum atomic E-state index is 13.0. The van der Waals surface area contributed by atoms with Crippen LogP contribution < -0.4 is 0 Å². The number of hydrogen-bond acceptors (Lipinski definition) is 3. The Labute approximate surface area is 90.6 Å². The molecular weight excluding hydrogens is 211 g/mol. The van der Waals surface area contributed by atoms with Crippen molar-refractivity contribution >= 4 is 11.3 Å². The number of benzene rings is 1. The van der Waals surface area contributed by atoms with Crippen LogP contribution in [0, 0.1) is 24.1 Å². The summed E-state index contributed by atoms with van der Waals surface area (Å²) < 4.78 is 13.0. The Morgan fingerprint density at radius 2 is 2.27 bits per heavy atom. The van der Waals surface area contributed by atoms with Gasteiger partial charge in [-0.2, -0.15) is 5.26 Å². The van der Waals surface area contributed by atoms with Gasteiger partial charge >= 0.3 is 0 Å². The van der Waals surface area contributed by atoms with E-state index in [9.17, 15) is 4.39 Å². The Morgan fingerprint density at radius 1 is 1.47 bits per heavy atom. The largest absolute Gasteiger partial charge is 0.240 e. The number of rotatable bonds is 1. The maximum Gasteiger partial charge on any atom is 0.128 e. The Kier molecular flexibility index (Phi) is 2.48. The molecule has 0 fully saturated rings. The molecule has 0 saturated heterocycles. The van der Waals surface area contributed by atoms with Crippen LogP contribution in [0.1, 0.15) is 10.6 Å². The number of halogens is 1. The van der Waals surface area contributed by atoms with Crippen molar-refractivity contribution in [1.29, 1.82) is 5.26 Å². The molecule has 0 saturated carbocycles. The summed E-state index contributed by atoms with van der Waals surface area (Å²) in [5.74, 6) is -0.293. The van der Waals surface area contributed by atoms with Crippen LogP contribution in [0.25, 0.3) is 10.6 Å². The first-order chi connectivity index (χ1) is 7.20. The molecule has 2 aromatic rings. The molecule has 0 aliphatic heterocycles. The topological polar surface area (TPSA) is 36.7 Å². The molecule has 1 aromatic carbocycles. The highest BCUT2D eigenvalue weighted by molar-refractivity contribution is 7.15. The van der Waals surface area contributed by atoms with Gasteiger partial charge in [-0.05, 0) is 19.1 Å². The molecule has 0 aliphatic rings. The van der Waals surface area contributed by atoms with Gasteiger partial charge in [0.1, 0.15) is 21.8 Å². The van der Waals surface area contributed by atoms with Crippen molar-refractivity contribution in [2.75, 3.05) is 0 Å². The fourth-order valence-electron chi connectivity index (χ4n) is 1.25. The van der Waals surface area contributed by atoms with Crippen molar-refractivity contribution in [3.8, 4) is 16.6 Å².